The van der Waals surface area contributed by atoms with Crippen LogP contribution in [0.3, 0.4) is 0 Å². The van der Waals surface area contributed by atoms with Crippen molar-refractivity contribution in [3.63, 3.8) is 0 Å². The molecule has 33 heavy (non-hydrogen) atoms. The minimum absolute atomic E-state index is 0.260. The molecule has 1 aliphatic heterocycles. The zero-order valence-electron chi connectivity index (χ0n) is 18.4. The van der Waals surface area contributed by atoms with Crippen molar-refractivity contribution >= 4 is 17.8 Å². The largest absolute Gasteiger partial charge is 0.348 e. The molecule has 0 radical (unpaired) electrons. The van der Waals surface area contributed by atoms with E-state index in [0.717, 1.165) is 39.1 Å². The summed E-state index contributed by atoms with van der Waals surface area (Å²) in [6.45, 7) is 1.58. The van der Waals surface area contributed by atoms with Crippen LogP contribution in [0.1, 0.15) is 36.1 Å². The van der Waals surface area contributed by atoms with E-state index in [2.05, 4.69) is 10.6 Å². The third kappa shape index (κ3) is 3.67. The second kappa shape index (κ2) is 8.20. The molecule has 2 N–H and O–H groups in total. The summed E-state index contributed by atoms with van der Waals surface area (Å²) in [5, 5.41) is 5.76. The van der Waals surface area contributed by atoms with E-state index in [4.69, 9.17) is 0 Å². The van der Waals surface area contributed by atoms with Gasteiger partial charge in [-0.05, 0) is 47.6 Å². The normalized spacial score (nSPS) is 20.0. The number of nitrogens with zero attached hydrogens (tertiary/aromatic N) is 1. The van der Waals surface area contributed by atoms with Gasteiger partial charge in [0.05, 0.1) is 6.04 Å². The SMILES string of the molecule is C[C@H](NC(=O)CN1C(=O)N[C@@]2(CCc3ccccc32)C1=O)c1ccc(-c2ccccc2)cc1. The number of aryl methyl sites for hydroxylation is 1. The molecule has 5 rings (SSSR count). The first-order valence-corrected chi connectivity index (χ1v) is 11.2. The van der Waals surface area contributed by atoms with Gasteiger partial charge in [-0.25, -0.2) is 4.79 Å². The summed E-state index contributed by atoms with van der Waals surface area (Å²) < 4.78 is 0. The van der Waals surface area contributed by atoms with Gasteiger partial charge < -0.3 is 10.6 Å². The Kier molecular flexibility index (Phi) is 5.21. The molecule has 0 unspecified atom stereocenters. The molecular weight excluding hydrogens is 414 g/mol. The molecule has 3 aromatic rings. The summed E-state index contributed by atoms with van der Waals surface area (Å²) in [6, 6.07) is 24.9. The van der Waals surface area contributed by atoms with Crippen molar-refractivity contribution in [3.05, 3.63) is 95.6 Å². The highest BCUT2D eigenvalue weighted by molar-refractivity contribution is 6.09. The van der Waals surface area contributed by atoms with Gasteiger partial charge in [0.1, 0.15) is 12.1 Å². The van der Waals surface area contributed by atoms with Crippen LogP contribution in [0.2, 0.25) is 0 Å². The minimum atomic E-state index is -1.05. The van der Waals surface area contributed by atoms with E-state index >= 15 is 0 Å². The molecule has 0 saturated carbocycles. The lowest BCUT2D eigenvalue weighted by Gasteiger charge is -2.22. The predicted molar refractivity (Wildman–Crippen MR) is 125 cm³/mol. The van der Waals surface area contributed by atoms with Crippen molar-refractivity contribution in [1.82, 2.24) is 15.5 Å². The number of imide groups is 1. The lowest BCUT2D eigenvalue weighted by atomic mass is 9.92. The molecule has 6 nitrogen and oxygen atoms in total. The van der Waals surface area contributed by atoms with Crippen molar-refractivity contribution in [3.8, 4) is 11.1 Å². The zero-order chi connectivity index (χ0) is 23.0. The molecule has 1 spiro atoms. The van der Waals surface area contributed by atoms with Crippen molar-refractivity contribution in [2.24, 2.45) is 0 Å². The maximum absolute atomic E-state index is 13.2. The van der Waals surface area contributed by atoms with Crippen molar-refractivity contribution in [1.29, 1.82) is 0 Å². The van der Waals surface area contributed by atoms with Crippen LogP contribution in [0, 0.1) is 0 Å². The Hall–Kier alpha value is -3.93. The summed E-state index contributed by atoms with van der Waals surface area (Å²) >= 11 is 0. The number of nitrogens with one attached hydrogen (secondary N) is 2. The summed E-state index contributed by atoms with van der Waals surface area (Å²) in [5.41, 5.74) is 4.01. The van der Waals surface area contributed by atoms with Gasteiger partial charge in [0.25, 0.3) is 5.91 Å². The van der Waals surface area contributed by atoms with Gasteiger partial charge in [-0.2, -0.15) is 0 Å². The fourth-order valence-electron chi connectivity index (χ4n) is 4.84. The van der Waals surface area contributed by atoms with Gasteiger partial charge in [0.2, 0.25) is 5.91 Å². The summed E-state index contributed by atoms with van der Waals surface area (Å²) in [7, 11) is 0. The lowest BCUT2D eigenvalue weighted by molar-refractivity contribution is -0.135. The van der Waals surface area contributed by atoms with Crippen LogP contribution in [-0.2, 0) is 21.5 Å². The maximum atomic E-state index is 13.2. The number of carbonyl (C=O) groups excluding carboxylic acids is 3. The van der Waals surface area contributed by atoms with Crippen molar-refractivity contribution < 1.29 is 14.4 Å². The number of urea groups is 1. The minimum Gasteiger partial charge on any atom is -0.348 e. The van der Waals surface area contributed by atoms with E-state index in [9.17, 15) is 14.4 Å². The number of hydrogen-bond acceptors (Lipinski definition) is 3. The Morgan fingerprint density at radius 2 is 1.64 bits per heavy atom. The summed E-state index contributed by atoms with van der Waals surface area (Å²) in [4.78, 5) is 39.6. The fourth-order valence-corrected chi connectivity index (χ4v) is 4.84. The Morgan fingerprint density at radius 3 is 2.39 bits per heavy atom. The molecule has 0 aromatic heterocycles. The Balaban J connectivity index is 1.25. The van der Waals surface area contributed by atoms with E-state index < -0.39 is 11.6 Å². The number of carbonyl (C=O) groups is 3. The van der Waals surface area contributed by atoms with Crippen molar-refractivity contribution in [2.45, 2.75) is 31.3 Å². The number of hydrogen-bond donors (Lipinski definition) is 2. The first kappa shape index (κ1) is 20.9. The van der Waals surface area contributed by atoms with Crippen LogP contribution in [-0.4, -0.2) is 29.3 Å². The Labute approximate surface area is 192 Å². The molecular formula is C27H25N3O3. The third-order valence-corrected chi connectivity index (χ3v) is 6.62. The first-order valence-electron chi connectivity index (χ1n) is 11.2. The Bertz CT molecular complexity index is 1220. The van der Waals surface area contributed by atoms with Gasteiger partial charge in [-0.15, -0.1) is 0 Å². The van der Waals surface area contributed by atoms with E-state index in [1.54, 1.807) is 0 Å². The van der Waals surface area contributed by atoms with E-state index in [0.29, 0.717) is 6.42 Å². The molecule has 166 valence electrons. The highest BCUT2D eigenvalue weighted by atomic mass is 16.2. The molecule has 1 saturated heterocycles. The number of amides is 4. The predicted octanol–water partition coefficient (Wildman–Crippen LogP) is 3.92. The fraction of sp³-hybridized carbons (Fsp3) is 0.222. The third-order valence-electron chi connectivity index (χ3n) is 6.62. The van der Waals surface area contributed by atoms with E-state index in [-0.39, 0.29) is 24.4 Å². The van der Waals surface area contributed by atoms with Crippen LogP contribution >= 0.6 is 0 Å². The number of rotatable bonds is 5. The van der Waals surface area contributed by atoms with Crippen molar-refractivity contribution in [2.75, 3.05) is 6.54 Å². The lowest BCUT2D eigenvalue weighted by Crippen LogP contribution is -2.44. The van der Waals surface area contributed by atoms with Gasteiger partial charge in [0.15, 0.2) is 0 Å². The van der Waals surface area contributed by atoms with Gasteiger partial charge >= 0.3 is 6.03 Å². The standard InChI is InChI=1S/C27H25N3O3/c1-18(19-11-13-21(14-12-19)20-7-3-2-4-8-20)28-24(31)17-30-25(32)27(29-26(30)33)16-15-22-9-5-6-10-23(22)27/h2-14,18H,15-17H2,1H3,(H,28,31)(H,29,33)/t18-,27+/m0/s1. The molecule has 1 heterocycles. The molecule has 3 aromatic carbocycles. The topological polar surface area (TPSA) is 78.5 Å². The zero-order valence-corrected chi connectivity index (χ0v) is 18.4. The summed E-state index contributed by atoms with van der Waals surface area (Å²) in [5.74, 6) is -0.728. The van der Waals surface area contributed by atoms with Gasteiger partial charge in [-0.1, -0.05) is 78.9 Å². The molecule has 6 heteroatoms. The van der Waals surface area contributed by atoms with Crippen LogP contribution in [0.25, 0.3) is 11.1 Å². The van der Waals surface area contributed by atoms with Gasteiger partial charge in [-0.3, -0.25) is 14.5 Å². The van der Waals surface area contributed by atoms with Crippen LogP contribution < -0.4 is 10.6 Å². The van der Waals surface area contributed by atoms with Crippen LogP contribution in [0.4, 0.5) is 4.79 Å². The van der Waals surface area contributed by atoms with E-state index in [1.807, 2.05) is 85.8 Å². The Morgan fingerprint density at radius 1 is 0.970 bits per heavy atom. The maximum Gasteiger partial charge on any atom is 0.325 e. The molecule has 0 bridgehead atoms. The first-order chi connectivity index (χ1) is 16.0. The molecule has 2 aliphatic rings. The molecule has 1 aliphatic carbocycles. The monoisotopic (exact) mass is 439 g/mol. The van der Waals surface area contributed by atoms with Crippen LogP contribution in [0.15, 0.2) is 78.9 Å². The van der Waals surface area contributed by atoms with Crippen LogP contribution in [0.5, 0.6) is 0 Å². The second-order valence-corrected chi connectivity index (χ2v) is 8.66. The summed E-state index contributed by atoms with van der Waals surface area (Å²) in [6.07, 6.45) is 1.23. The number of fused-ring (bicyclic) bond motifs is 2. The molecule has 4 amide bonds. The molecule has 2 atom stereocenters. The average Bonchev–Trinajstić information content (AvgIpc) is 3.32. The smallest absolute Gasteiger partial charge is 0.325 e. The van der Waals surface area contributed by atoms with E-state index in [1.165, 1.54) is 0 Å². The van der Waals surface area contributed by atoms with Gasteiger partial charge in [0, 0.05) is 0 Å². The quantitative estimate of drug-likeness (QED) is 0.592. The number of benzene rings is 3. The highest BCUT2D eigenvalue weighted by Gasteiger charge is 2.55. The highest BCUT2D eigenvalue weighted by Crippen LogP contribution is 2.41. The second-order valence-electron chi connectivity index (χ2n) is 8.66. The molecule has 1 fully saturated rings. The average molecular weight is 440 g/mol.